The molecule has 3 aromatic rings. The molecule has 6 rings (SSSR count). The highest BCUT2D eigenvalue weighted by Gasteiger charge is 2.47. The second-order valence-electron chi connectivity index (χ2n) is 11.5. The minimum absolute atomic E-state index is 0.00158. The highest BCUT2D eigenvalue weighted by molar-refractivity contribution is 7.99. The molecule has 13 heteroatoms. The fourth-order valence-corrected chi connectivity index (χ4v) is 7.35. The van der Waals surface area contributed by atoms with E-state index in [4.69, 9.17) is 37.8 Å². The number of piperidine rings is 2. The van der Waals surface area contributed by atoms with Gasteiger partial charge in [0.1, 0.15) is 16.4 Å². The van der Waals surface area contributed by atoms with Crippen LogP contribution in [0.2, 0.25) is 5.02 Å². The number of aliphatic hydroxyl groups is 1. The SMILES string of the molecule is Cc1nc(N2CCC3(CC2)CO[C@@H](C)[C@H]3N)c(CO)nc1Sc1ccn2cc(C(=O)N3CCC(N)CC3)nc2c1Cl. The predicted molar refractivity (Wildman–Crippen MR) is 157 cm³/mol. The first kappa shape index (κ1) is 28.6. The van der Waals surface area contributed by atoms with Gasteiger partial charge in [0.15, 0.2) is 11.5 Å². The van der Waals surface area contributed by atoms with Gasteiger partial charge < -0.3 is 35.5 Å². The molecule has 2 atom stereocenters. The van der Waals surface area contributed by atoms with Crippen molar-refractivity contribution in [3.63, 3.8) is 0 Å². The Morgan fingerprint density at radius 3 is 2.59 bits per heavy atom. The van der Waals surface area contributed by atoms with Crippen molar-refractivity contribution >= 4 is 40.7 Å². The molecule has 1 spiro atoms. The Kier molecular flexibility index (Phi) is 7.90. The number of aromatic nitrogens is 4. The number of halogens is 1. The Morgan fingerprint density at radius 2 is 1.93 bits per heavy atom. The maximum absolute atomic E-state index is 13.0. The fraction of sp³-hybridized carbons (Fsp3) is 0.571. The van der Waals surface area contributed by atoms with Gasteiger partial charge in [-0.1, -0.05) is 23.4 Å². The summed E-state index contributed by atoms with van der Waals surface area (Å²) in [6.45, 7) is 7.25. The van der Waals surface area contributed by atoms with Crippen molar-refractivity contribution in [1.82, 2.24) is 24.3 Å². The van der Waals surface area contributed by atoms with E-state index < -0.39 is 0 Å². The van der Waals surface area contributed by atoms with Crippen molar-refractivity contribution in [2.24, 2.45) is 16.9 Å². The number of ether oxygens (including phenoxy) is 1. The third kappa shape index (κ3) is 5.30. The van der Waals surface area contributed by atoms with Gasteiger partial charge in [-0.25, -0.2) is 15.0 Å². The normalized spacial score (nSPS) is 23.2. The second-order valence-corrected chi connectivity index (χ2v) is 12.9. The number of likely N-dealkylation sites (tertiary alicyclic amines) is 1. The van der Waals surface area contributed by atoms with Crippen molar-refractivity contribution in [2.45, 2.75) is 74.2 Å². The largest absolute Gasteiger partial charge is 0.390 e. The number of carbonyl (C=O) groups excluding carboxylic acids is 1. The molecule has 0 aliphatic carbocycles. The molecule has 0 bridgehead atoms. The molecule has 6 heterocycles. The molecule has 1 amide bonds. The number of aryl methyl sites for hydroxylation is 1. The van der Waals surface area contributed by atoms with Crippen LogP contribution < -0.4 is 16.4 Å². The average molecular weight is 601 g/mol. The van der Waals surface area contributed by atoms with Crippen molar-refractivity contribution in [3.8, 4) is 0 Å². The summed E-state index contributed by atoms with van der Waals surface area (Å²) < 4.78 is 7.63. The third-order valence-corrected chi connectivity index (χ3v) is 10.5. The lowest BCUT2D eigenvalue weighted by Gasteiger charge is -2.42. The summed E-state index contributed by atoms with van der Waals surface area (Å²) in [5.74, 6) is 0.595. The fourth-order valence-electron chi connectivity index (χ4n) is 6.17. The first-order valence-electron chi connectivity index (χ1n) is 14.2. The number of pyridine rings is 1. The van der Waals surface area contributed by atoms with E-state index in [0.29, 0.717) is 52.6 Å². The second kappa shape index (κ2) is 11.3. The molecular weight excluding hydrogens is 564 g/mol. The van der Waals surface area contributed by atoms with Crippen LogP contribution in [0, 0.1) is 12.3 Å². The smallest absolute Gasteiger partial charge is 0.274 e. The number of carbonyl (C=O) groups is 1. The summed E-state index contributed by atoms with van der Waals surface area (Å²) >= 11 is 8.17. The molecule has 3 aliphatic heterocycles. The molecule has 5 N–H and O–H groups in total. The predicted octanol–water partition coefficient (Wildman–Crippen LogP) is 2.63. The van der Waals surface area contributed by atoms with Crippen LogP contribution >= 0.6 is 23.4 Å². The zero-order valence-electron chi connectivity index (χ0n) is 23.4. The molecule has 0 unspecified atom stereocenters. The minimum Gasteiger partial charge on any atom is -0.390 e. The quantitative estimate of drug-likeness (QED) is 0.399. The summed E-state index contributed by atoms with van der Waals surface area (Å²) in [5.41, 5.74) is 14.6. The highest BCUT2D eigenvalue weighted by atomic mass is 35.5. The van der Waals surface area contributed by atoms with E-state index in [0.717, 1.165) is 49.4 Å². The van der Waals surface area contributed by atoms with E-state index in [-0.39, 0.29) is 36.1 Å². The maximum atomic E-state index is 13.0. The lowest BCUT2D eigenvalue weighted by molar-refractivity contribution is 0.0709. The Morgan fingerprint density at radius 1 is 1.20 bits per heavy atom. The van der Waals surface area contributed by atoms with Gasteiger partial charge in [-0.05, 0) is 45.6 Å². The van der Waals surface area contributed by atoms with E-state index in [1.807, 2.05) is 26.1 Å². The Hall–Kier alpha value is -2.48. The van der Waals surface area contributed by atoms with Crippen LogP contribution in [0.25, 0.3) is 5.65 Å². The van der Waals surface area contributed by atoms with Crippen molar-refractivity contribution in [3.05, 3.63) is 40.6 Å². The van der Waals surface area contributed by atoms with E-state index in [1.165, 1.54) is 11.8 Å². The molecule has 0 radical (unpaired) electrons. The van der Waals surface area contributed by atoms with Gasteiger partial charge in [-0.2, -0.15) is 0 Å². The van der Waals surface area contributed by atoms with Crippen molar-refractivity contribution in [1.29, 1.82) is 0 Å². The molecule has 220 valence electrons. The molecule has 11 nitrogen and oxygen atoms in total. The van der Waals surface area contributed by atoms with Crippen LogP contribution in [0.15, 0.2) is 28.4 Å². The van der Waals surface area contributed by atoms with Gasteiger partial charge in [0.25, 0.3) is 5.91 Å². The van der Waals surface area contributed by atoms with Gasteiger partial charge in [0.05, 0.1) is 30.0 Å². The topological polar surface area (TPSA) is 148 Å². The lowest BCUT2D eigenvalue weighted by atomic mass is 9.73. The maximum Gasteiger partial charge on any atom is 0.274 e. The first-order chi connectivity index (χ1) is 19.7. The number of hydrogen-bond acceptors (Lipinski definition) is 10. The number of rotatable bonds is 5. The molecule has 3 aromatic heterocycles. The number of anilines is 1. The van der Waals surface area contributed by atoms with Gasteiger partial charge in [-0.15, -0.1) is 0 Å². The zero-order chi connectivity index (χ0) is 28.9. The average Bonchev–Trinajstić information content (AvgIpc) is 3.54. The molecular formula is C28H37ClN8O3S. The van der Waals surface area contributed by atoms with Crippen molar-refractivity contribution in [2.75, 3.05) is 37.7 Å². The van der Waals surface area contributed by atoms with Gasteiger partial charge in [0.2, 0.25) is 0 Å². The van der Waals surface area contributed by atoms with Crippen LogP contribution in [0.3, 0.4) is 0 Å². The van der Waals surface area contributed by atoms with Crippen LogP contribution in [-0.4, -0.2) is 86.2 Å². The molecule has 3 fully saturated rings. The van der Waals surface area contributed by atoms with Crippen LogP contribution in [0.5, 0.6) is 0 Å². The Bertz CT molecular complexity index is 1450. The first-order valence-corrected chi connectivity index (χ1v) is 15.4. The Labute approximate surface area is 248 Å². The van der Waals surface area contributed by atoms with E-state index in [2.05, 4.69) is 9.88 Å². The zero-order valence-corrected chi connectivity index (χ0v) is 25.0. The number of hydrogen-bond donors (Lipinski definition) is 3. The summed E-state index contributed by atoms with van der Waals surface area (Å²) in [6.07, 6.45) is 7.03. The molecule has 0 aromatic carbocycles. The molecule has 0 saturated carbocycles. The number of nitrogens with zero attached hydrogens (tertiary/aromatic N) is 6. The van der Waals surface area contributed by atoms with Gasteiger partial charge in [0, 0.05) is 61.0 Å². The van der Waals surface area contributed by atoms with Crippen LogP contribution in [-0.2, 0) is 11.3 Å². The van der Waals surface area contributed by atoms with Crippen LogP contribution in [0.4, 0.5) is 5.82 Å². The van der Waals surface area contributed by atoms with Crippen molar-refractivity contribution < 1.29 is 14.6 Å². The third-order valence-electron chi connectivity index (χ3n) is 8.92. The van der Waals surface area contributed by atoms with E-state index in [9.17, 15) is 9.90 Å². The van der Waals surface area contributed by atoms with Gasteiger partial charge in [-0.3, -0.25) is 4.79 Å². The number of amides is 1. The molecule has 3 saturated heterocycles. The molecule has 3 aliphatic rings. The molecule has 41 heavy (non-hydrogen) atoms. The number of aliphatic hydroxyl groups excluding tert-OH is 1. The summed E-state index contributed by atoms with van der Waals surface area (Å²) in [4.78, 5) is 32.0. The summed E-state index contributed by atoms with van der Waals surface area (Å²) in [6, 6.07) is 2.05. The number of imidazole rings is 1. The minimum atomic E-state index is -0.225. The highest BCUT2D eigenvalue weighted by Crippen LogP contribution is 2.43. The van der Waals surface area contributed by atoms with E-state index >= 15 is 0 Å². The standard InChI is InChI=1S/C28H37ClN8O3S/c1-16-26(34-20(14-38)24(32-16)35-11-6-28(7-12-35)15-40-17(2)23(28)31)41-21-5-10-37-13-19(33-25(37)22(21)29)27(39)36-8-3-18(30)4-9-36/h5,10,13,17-18,23,38H,3-4,6-9,11-12,14-15,30-31H2,1-2H3/t17-,23+/m0/s1. The summed E-state index contributed by atoms with van der Waals surface area (Å²) in [5, 5.41) is 11.3. The Balaban J connectivity index is 1.20. The van der Waals surface area contributed by atoms with Gasteiger partial charge >= 0.3 is 0 Å². The monoisotopic (exact) mass is 600 g/mol. The summed E-state index contributed by atoms with van der Waals surface area (Å²) in [7, 11) is 0. The van der Waals surface area contributed by atoms with Crippen LogP contribution in [0.1, 0.15) is 54.5 Å². The number of nitrogens with two attached hydrogens (primary N) is 2. The number of fused-ring (bicyclic) bond motifs is 1. The lowest BCUT2D eigenvalue weighted by Crippen LogP contribution is -2.51. The van der Waals surface area contributed by atoms with E-state index in [1.54, 1.807) is 15.5 Å².